The van der Waals surface area contributed by atoms with E-state index in [2.05, 4.69) is 15.9 Å². The molecule has 3 rings (SSSR count). The Morgan fingerprint density at radius 1 is 1.19 bits per heavy atom. The topological polar surface area (TPSA) is 71.5 Å². The molecule has 0 aliphatic carbocycles. The summed E-state index contributed by atoms with van der Waals surface area (Å²) < 4.78 is 24.1. The summed E-state index contributed by atoms with van der Waals surface area (Å²) in [4.78, 5) is 25.8. The second kappa shape index (κ2) is 5.21. The van der Waals surface area contributed by atoms with E-state index in [1.54, 1.807) is 18.2 Å². The third kappa shape index (κ3) is 2.76. The highest BCUT2D eigenvalue weighted by molar-refractivity contribution is 9.10. The summed E-state index contributed by atoms with van der Waals surface area (Å²) in [5.74, 6) is -0.554. The van der Waals surface area contributed by atoms with Crippen molar-refractivity contribution in [3.63, 3.8) is 0 Å². The summed E-state index contributed by atoms with van der Waals surface area (Å²) >= 11 is 3.28. The van der Waals surface area contributed by atoms with E-state index >= 15 is 0 Å². The van der Waals surface area contributed by atoms with Crippen LogP contribution in [0.4, 0.5) is 0 Å². The van der Waals surface area contributed by atoms with Gasteiger partial charge in [0, 0.05) is 11.0 Å². The maximum atomic E-state index is 12.3. The summed E-state index contributed by atoms with van der Waals surface area (Å²) in [6, 6.07) is 4.98. The Labute approximate surface area is 131 Å². The molecule has 2 heterocycles. The average Bonchev–Trinajstić information content (AvgIpc) is 2.63. The van der Waals surface area contributed by atoms with Crippen LogP contribution >= 0.6 is 15.9 Å². The summed E-state index contributed by atoms with van der Waals surface area (Å²) in [7, 11) is -3.04. The Balaban J connectivity index is 1.82. The minimum Gasteiger partial charge on any atom is -0.274 e. The highest BCUT2D eigenvalue weighted by Gasteiger charge is 2.38. The molecule has 21 heavy (non-hydrogen) atoms. The van der Waals surface area contributed by atoms with Crippen molar-refractivity contribution in [2.75, 3.05) is 18.1 Å². The Morgan fingerprint density at radius 2 is 1.90 bits per heavy atom. The fraction of sp³-hybridized carbons (Fsp3) is 0.429. The average molecular weight is 372 g/mol. The molecule has 1 fully saturated rings. The van der Waals surface area contributed by atoms with Gasteiger partial charge in [-0.2, -0.15) is 0 Å². The van der Waals surface area contributed by atoms with Crippen molar-refractivity contribution < 1.29 is 18.0 Å². The zero-order valence-electron chi connectivity index (χ0n) is 11.2. The molecular weight excluding hydrogens is 358 g/mol. The normalized spacial score (nSPS) is 24.2. The van der Waals surface area contributed by atoms with Crippen molar-refractivity contribution >= 4 is 37.6 Å². The van der Waals surface area contributed by atoms with Crippen LogP contribution in [0.5, 0.6) is 0 Å². The van der Waals surface area contributed by atoms with Gasteiger partial charge in [-0.3, -0.25) is 14.5 Å². The number of hydrogen-bond donors (Lipinski definition) is 0. The third-order valence-electron chi connectivity index (χ3n) is 3.93. The minimum atomic E-state index is -3.04. The number of sulfone groups is 1. The van der Waals surface area contributed by atoms with E-state index in [9.17, 15) is 18.0 Å². The fourth-order valence-electron chi connectivity index (χ4n) is 2.95. The van der Waals surface area contributed by atoms with Gasteiger partial charge in [0.15, 0.2) is 9.84 Å². The molecular formula is C14H14BrNO4S. The van der Waals surface area contributed by atoms with Crippen molar-refractivity contribution in [3.8, 4) is 0 Å². The number of hydrogen-bond acceptors (Lipinski definition) is 4. The van der Waals surface area contributed by atoms with Crippen molar-refractivity contribution in [1.29, 1.82) is 0 Å². The first kappa shape index (κ1) is 14.7. The van der Waals surface area contributed by atoms with E-state index in [1.807, 2.05) is 0 Å². The number of benzene rings is 1. The summed E-state index contributed by atoms with van der Waals surface area (Å²) in [5.41, 5.74) is 0.773. The first-order valence-corrected chi connectivity index (χ1v) is 9.35. The molecule has 1 aromatic rings. The highest BCUT2D eigenvalue weighted by Crippen LogP contribution is 2.28. The molecule has 2 aliphatic rings. The molecule has 0 bridgehead atoms. The SMILES string of the molecule is O=C1c2ccc(Br)cc2C(=O)N1CC1CCCS(=O)(=O)C1. The van der Waals surface area contributed by atoms with Gasteiger partial charge in [-0.25, -0.2) is 8.42 Å². The quantitative estimate of drug-likeness (QED) is 0.744. The molecule has 2 aliphatic heterocycles. The predicted molar refractivity (Wildman–Crippen MR) is 80.9 cm³/mol. The number of imide groups is 1. The maximum absolute atomic E-state index is 12.3. The Hall–Kier alpha value is -1.21. The molecule has 1 saturated heterocycles. The van der Waals surface area contributed by atoms with Gasteiger partial charge < -0.3 is 0 Å². The van der Waals surface area contributed by atoms with Crippen molar-refractivity contribution in [1.82, 2.24) is 4.90 Å². The van der Waals surface area contributed by atoms with Crippen LogP contribution in [0.25, 0.3) is 0 Å². The van der Waals surface area contributed by atoms with Gasteiger partial charge in [-0.1, -0.05) is 15.9 Å². The van der Waals surface area contributed by atoms with Crippen molar-refractivity contribution in [2.45, 2.75) is 12.8 Å². The molecule has 5 nitrogen and oxygen atoms in total. The maximum Gasteiger partial charge on any atom is 0.261 e. The molecule has 7 heteroatoms. The van der Waals surface area contributed by atoms with Gasteiger partial charge in [0.2, 0.25) is 0 Å². The van der Waals surface area contributed by atoms with Crippen LogP contribution in [0.15, 0.2) is 22.7 Å². The second-order valence-corrected chi connectivity index (χ2v) is 8.68. The number of carbonyl (C=O) groups is 2. The van der Waals surface area contributed by atoms with Crippen molar-refractivity contribution in [3.05, 3.63) is 33.8 Å². The standard InChI is InChI=1S/C14H14BrNO4S/c15-10-3-4-11-12(6-10)14(18)16(13(11)17)7-9-2-1-5-21(19,20)8-9/h3-4,6,9H,1-2,5,7-8H2. The van der Waals surface area contributed by atoms with Crippen LogP contribution < -0.4 is 0 Å². The number of nitrogens with zero attached hydrogens (tertiary/aromatic N) is 1. The number of amides is 2. The van der Waals surface area contributed by atoms with Crippen LogP contribution in [0.1, 0.15) is 33.6 Å². The number of carbonyl (C=O) groups excluding carboxylic acids is 2. The summed E-state index contributed by atoms with van der Waals surface area (Å²) in [5, 5.41) is 0. The fourth-order valence-corrected chi connectivity index (χ4v) is 5.07. The molecule has 1 unspecified atom stereocenters. The van der Waals surface area contributed by atoms with Gasteiger partial charge in [0.05, 0.1) is 22.6 Å². The summed E-state index contributed by atoms with van der Waals surface area (Å²) in [6.07, 6.45) is 1.33. The number of rotatable bonds is 2. The minimum absolute atomic E-state index is 0.0596. The van der Waals surface area contributed by atoms with Crippen LogP contribution in [0.2, 0.25) is 0 Å². The molecule has 112 valence electrons. The second-order valence-electron chi connectivity index (χ2n) is 5.53. The number of fused-ring (bicyclic) bond motifs is 1. The van der Waals surface area contributed by atoms with Crippen LogP contribution in [-0.4, -0.2) is 43.2 Å². The van der Waals surface area contributed by atoms with Crippen LogP contribution in [0, 0.1) is 5.92 Å². The highest BCUT2D eigenvalue weighted by atomic mass is 79.9. The van der Waals surface area contributed by atoms with E-state index < -0.39 is 9.84 Å². The molecule has 0 spiro atoms. The van der Waals surface area contributed by atoms with E-state index in [-0.39, 0.29) is 35.8 Å². The molecule has 1 aromatic carbocycles. The van der Waals surface area contributed by atoms with Gasteiger partial charge in [-0.15, -0.1) is 0 Å². The van der Waals surface area contributed by atoms with Gasteiger partial charge >= 0.3 is 0 Å². The van der Waals surface area contributed by atoms with Gasteiger partial charge in [-0.05, 0) is 37.0 Å². The lowest BCUT2D eigenvalue weighted by Crippen LogP contribution is -2.39. The van der Waals surface area contributed by atoms with Crippen molar-refractivity contribution in [2.24, 2.45) is 5.92 Å². The van der Waals surface area contributed by atoms with E-state index in [0.717, 1.165) is 10.9 Å². The zero-order valence-corrected chi connectivity index (χ0v) is 13.6. The van der Waals surface area contributed by atoms with Crippen LogP contribution in [-0.2, 0) is 9.84 Å². The third-order valence-corrected chi connectivity index (χ3v) is 6.31. The Kier molecular flexibility index (Phi) is 3.65. The largest absolute Gasteiger partial charge is 0.274 e. The smallest absolute Gasteiger partial charge is 0.261 e. The predicted octanol–water partition coefficient (Wildman–Crippen LogP) is 1.87. The van der Waals surface area contributed by atoms with Gasteiger partial charge in [0.25, 0.3) is 11.8 Å². The summed E-state index contributed by atoms with van der Waals surface area (Å²) in [6.45, 7) is 0.184. The zero-order chi connectivity index (χ0) is 15.2. The molecule has 0 N–H and O–H groups in total. The molecule has 2 amide bonds. The van der Waals surface area contributed by atoms with E-state index in [1.165, 1.54) is 4.90 Å². The Bertz CT molecular complexity index is 728. The molecule has 1 atom stereocenters. The Morgan fingerprint density at radius 3 is 2.62 bits per heavy atom. The molecule has 0 radical (unpaired) electrons. The lowest BCUT2D eigenvalue weighted by Gasteiger charge is -2.25. The lowest BCUT2D eigenvalue weighted by atomic mass is 10.1. The number of halogens is 1. The first-order chi connectivity index (χ1) is 9.87. The van der Waals surface area contributed by atoms with E-state index in [0.29, 0.717) is 17.5 Å². The lowest BCUT2D eigenvalue weighted by molar-refractivity contribution is 0.0630. The monoisotopic (exact) mass is 371 g/mol. The van der Waals surface area contributed by atoms with Gasteiger partial charge in [0.1, 0.15) is 0 Å². The van der Waals surface area contributed by atoms with E-state index in [4.69, 9.17) is 0 Å². The molecule has 0 saturated carbocycles. The van der Waals surface area contributed by atoms with Crippen LogP contribution in [0.3, 0.4) is 0 Å². The first-order valence-electron chi connectivity index (χ1n) is 6.73. The molecule has 0 aromatic heterocycles.